The Morgan fingerprint density at radius 1 is 0.906 bits per heavy atom. The highest BCUT2D eigenvalue weighted by molar-refractivity contribution is 6.02. The zero-order valence-corrected chi connectivity index (χ0v) is 17.9. The van der Waals surface area contributed by atoms with E-state index in [4.69, 9.17) is 9.47 Å². The van der Waals surface area contributed by atoms with Gasteiger partial charge in [0.25, 0.3) is 0 Å². The van der Waals surface area contributed by atoms with Gasteiger partial charge >= 0.3 is 5.97 Å². The molecule has 1 aliphatic carbocycles. The molecule has 1 fully saturated rings. The van der Waals surface area contributed by atoms with Crippen LogP contribution in [0.4, 0.5) is 5.69 Å². The zero-order valence-electron chi connectivity index (χ0n) is 17.9. The molecule has 1 amide bonds. The standard InChI is InChI=1S/C26H23NO5/c1-15-3-7-19(24(28)29)21(11-15)20-13-18(6-4-16(20)2)27-25(30)26(9-10-26)17-5-8-22-23(12-17)32-14-31-22/h3-8,11-13H,9-10,14H2,1-2H3,(H,27,30)(H,28,29). The Kier molecular flexibility index (Phi) is 4.66. The van der Waals surface area contributed by atoms with Crippen molar-refractivity contribution in [2.45, 2.75) is 32.1 Å². The third-order valence-corrected chi connectivity index (χ3v) is 6.30. The van der Waals surface area contributed by atoms with Crippen LogP contribution in [-0.2, 0) is 10.2 Å². The number of aryl methyl sites for hydroxylation is 2. The molecule has 2 N–H and O–H groups in total. The van der Waals surface area contributed by atoms with Gasteiger partial charge < -0.3 is 19.9 Å². The Morgan fingerprint density at radius 3 is 2.44 bits per heavy atom. The minimum Gasteiger partial charge on any atom is -0.478 e. The lowest BCUT2D eigenvalue weighted by Gasteiger charge is -2.18. The van der Waals surface area contributed by atoms with Crippen LogP contribution in [0.25, 0.3) is 11.1 Å². The number of carbonyl (C=O) groups is 2. The van der Waals surface area contributed by atoms with E-state index in [0.717, 1.165) is 35.1 Å². The van der Waals surface area contributed by atoms with Gasteiger partial charge in [-0.1, -0.05) is 29.8 Å². The Labute approximate surface area is 185 Å². The number of anilines is 1. The highest BCUT2D eigenvalue weighted by Gasteiger charge is 2.51. The maximum absolute atomic E-state index is 13.3. The second-order valence-electron chi connectivity index (χ2n) is 8.49. The van der Waals surface area contributed by atoms with E-state index in [9.17, 15) is 14.7 Å². The van der Waals surface area contributed by atoms with Crippen LogP contribution in [0.2, 0.25) is 0 Å². The van der Waals surface area contributed by atoms with Gasteiger partial charge in [-0.05, 0) is 79.3 Å². The van der Waals surface area contributed by atoms with E-state index in [-0.39, 0.29) is 18.3 Å². The number of nitrogens with one attached hydrogen (secondary N) is 1. The largest absolute Gasteiger partial charge is 0.478 e. The monoisotopic (exact) mass is 429 g/mol. The zero-order chi connectivity index (χ0) is 22.5. The number of carboxylic acid groups (broad SMARTS) is 1. The fraction of sp³-hybridized carbons (Fsp3) is 0.231. The van der Waals surface area contributed by atoms with Gasteiger partial charge in [0.1, 0.15) is 0 Å². The van der Waals surface area contributed by atoms with E-state index >= 15 is 0 Å². The molecule has 0 bridgehead atoms. The second kappa shape index (κ2) is 7.41. The van der Waals surface area contributed by atoms with Gasteiger partial charge in [0.15, 0.2) is 11.5 Å². The van der Waals surface area contributed by atoms with Crippen molar-refractivity contribution >= 4 is 17.6 Å². The number of hydrogen-bond acceptors (Lipinski definition) is 4. The molecule has 0 aromatic heterocycles. The smallest absolute Gasteiger partial charge is 0.336 e. The molecule has 0 atom stereocenters. The summed E-state index contributed by atoms with van der Waals surface area (Å²) in [7, 11) is 0. The molecule has 32 heavy (non-hydrogen) atoms. The average Bonchev–Trinajstić information content (AvgIpc) is 3.45. The molecule has 0 spiro atoms. The summed E-state index contributed by atoms with van der Waals surface area (Å²) >= 11 is 0. The summed E-state index contributed by atoms with van der Waals surface area (Å²) < 4.78 is 10.9. The lowest BCUT2D eigenvalue weighted by Crippen LogP contribution is -2.27. The first-order chi connectivity index (χ1) is 15.4. The van der Waals surface area contributed by atoms with Crippen LogP contribution in [0.3, 0.4) is 0 Å². The van der Waals surface area contributed by atoms with E-state index in [1.165, 1.54) is 0 Å². The molecule has 5 rings (SSSR count). The highest BCUT2D eigenvalue weighted by atomic mass is 16.7. The second-order valence-corrected chi connectivity index (χ2v) is 8.49. The Morgan fingerprint density at radius 2 is 1.69 bits per heavy atom. The quantitative estimate of drug-likeness (QED) is 0.592. The molecular formula is C26H23NO5. The van der Waals surface area contributed by atoms with Crippen LogP contribution in [-0.4, -0.2) is 23.8 Å². The van der Waals surface area contributed by atoms with Gasteiger partial charge in [-0.3, -0.25) is 4.79 Å². The summed E-state index contributed by atoms with van der Waals surface area (Å²) in [5, 5.41) is 12.7. The number of fused-ring (bicyclic) bond motifs is 1. The summed E-state index contributed by atoms with van der Waals surface area (Å²) in [5.74, 6) is 0.308. The predicted octanol–water partition coefficient (Wildman–Crippen LogP) is 5.07. The molecule has 1 saturated carbocycles. The normalized spacial score (nSPS) is 15.3. The first kappa shape index (κ1) is 20.1. The molecule has 3 aromatic carbocycles. The van der Waals surface area contributed by atoms with Crippen LogP contribution in [0.15, 0.2) is 54.6 Å². The van der Waals surface area contributed by atoms with Crippen LogP contribution >= 0.6 is 0 Å². The summed E-state index contributed by atoms with van der Waals surface area (Å²) in [6.07, 6.45) is 1.52. The maximum atomic E-state index is 13.3. The minimum atomic E-state index is -0.978. The van der Waals surface area contributed by atoms with Crippen LogP contribution in [0, 0.1) is 13.8 Å². The molecule has 3 aromatic rings. The molecule has 0 saturated heterocycles. The third-order valence-electron chi connectivity index (χ3n) is 6.30. The van der Waals surface area contributed by atoms with Crippen molar-refractivity contribution in [3.63, 3.8) is 0 Å². The van der Waals surface area contributed by atoms with E-state index < -0.39 is 11.4 Å². The van der Waals surface area contributed by atoms with Crippen LogP contribution < -0.4 is 14.8 Å². The SMILES string of the molecule is Cc1ccc(C(=O)O)c(-c2cc(NC(=O)C3(c4ccc5c(c4)OCO5)CC3)ccc2C)c1. The molecule has 6 heteroatoms. The average molecular weight is 429 g/mol. The van der Waals surface area contributed by atoms with E-state index in [0.29, 0.717) is 22.7 Å². The Bertz CT molecular complexity index is 1260. The fourth-order valence-electron chi connectivity index (χ4n) is 4.27. The Hall–Kier alpha value is -3.80. The van der Waals surface area contributed by atoms with Gasteiger partial charge in [-0.2, -0.15) is 0 Å². The molecular weight excluding hydrogens is 406 g/mol. The number of amides is 1. The predicted molar refractivity (Wildman–Crippen MR) is 120 cm³/mol. The van der Waals surface area contributed by atoms with E-state index in [1.807, 2.05) is 56.3 Å². The molecule has 0 unspecified atom stereocenters. The number of ether oxygens (including phenoxy) is 2. The van der Waals surface area contributed by atoms with Gasteiger partial charge in [-0.15, -0.1) is 0 Å². The van der Waals surface area contributed by atoms with Crippen LogP contribution in [0.1, 0.15) is 39.9 Å². The Balaban J connectivity index is 1.46. The number of carboxylic acids is 1. The first-order valence-electron chi connectivity index (χ1n) is 10.5. The number of aromatic carboxylic acids is 1. The molecule has 1 aliphatic heterocycles. The van der Waals surface area contributed by atoms with Gasteiger partial charge in [0, 0.05) is 5.69 Å². The molecule has 1 heterocycles. The minimum absolute atomic E-state index is 0.0751. The van der Waals surface area contributed by atoms with E-state index in [1.54, 1.807) is 12.1 Å². The lowest BCUT2D eigenvalue weighted by atomic mass is 9.93. The van der Waals surface area contributed by atoms with Crippen molar-refractivity contribution in [1.29, 1.82) is 0 Å². The van der Waals surface area contributed by atoms with Gasteiger partial charge in [-0.25, -0.2) is 4.79 Å². The van der Waals surface area contributed by atoms with Crippen molar-refractivity contribution in [3.05, 3.63) is 76.9 Å². The fourth-order valence-corrected chi connectivity index (χ4v) is 4.27. The topological polar surface area (TPSA) is 84.9 Å². The van der Waals surface area contributed by atoms with Gasteiger partial charge in [0.2, 0.25) is 12.7 Å². The summed E-state index contributed by atoms with van der Waals surface area (Å²) in [4.78, 5) is 25.1. The highest BCUT2D eigenvalue weighted by Crippen LogP contribution is 2.51. The third kappa shape index (κ3) is 3.38. The molecule has 6 nitrogen and oxygen atoms in total. The number of carbonyl (C=O) groups excluding carboxylic acids is 1. The van der Waals surface area contributed by atoms with Crippen molar-refractivity contribution < 1.29 is 24.2 Å². The van der Waals surface area contributed by atoms with Crippen molar-refractivity contribution in [3.8, 4) is 22.6 Å². The van der Waals surface area contributed by atoms with E-state index in [2.05, 4.69) is 5.32 Å². The first-order valence-corrected chi connectivity index (χ1v) is 10.5. The van der Waals surface area contributed by atoms with Gasteiger partial charge in [0.05, 0.1) is 11.0 Å². The molecule has 0 radical (unpaired) electrons. The van der Waals surface area contributed by atoms with Crippen molar-refractivity contribution in [1.82, 2.24) is 0 Å². The summed E-state index contributed by atoms with van der Waals surface area (Å²) in [6.45, 7) is 4.06. The molecule has 162 valence electrons. The van der Waals surface area contributed by atoms with Crippen molar-refractivity contribution in [2.24, 2.45) is 0 Å². The number of rotatable bonds is 5. The number of benzene rings is 3. The molecule has 2 aliphatic rings. The lowest BCUT2D eigenvalue weighted by molar-refractivity contribution is -0.118. The van der Waals surface area contributed by atoms with Crippen molar-refractivity contribution in [2.75, 3.05) is 12.1 Å². The summed E-state index contributed by atoms with van der Waals surface area (Å²) in [6, 6.07) is 16.5. The summed E-state index contributed by atoms with van der Waals surface area (Å²) in [5.41, 5.74) is 4.55. The number of hydrogen-bond donors (Lipinski definition) is 2. The van der Waals surface area contributed by atoms with Crippen LogP contribution in [0.5, 0.6) is 11.5 Å². The maximum Gasteiger partial charge on any atom is 0.336 e.